The van der Waals surface area contributed by atoms with Crippen molar-refractivity contribution < 1.29 is 58.4 Å². The fraction of sp³-hybridized carbons (Fsp3) is 0.923. The molecule has 0 heterocycles. The van der Waals surface area contributed by atoms with E-state index in [1.807, 2.05) is 0 Å². The van der Waals surface area contributed by atoms with Gasteiger partial charge in [-0.15, -0.1) is 25.3 Å². The number of hydrogen-bond donors (Lipinski definition) is 2. The van der Waals surface area contributed by atoms with Gasteiger partial charge in [0.15, 0.2) is 0 Å². The molecule has 0 unspecified atom stereocenters. The Morgan fingerprint density at radius 2 is 0.622 bits per heavy atom. The summed E-state index contributed by atoms with van der Waals surface area (Å²) in [6, 6.07) is 0. The average Bonchev–Trinajstić information content (AvgIpc) is 2.77. The molecule has 0 aliphatic heterocycles. The fourth-order valence-electron chi connectivity index (χ4n) is 3.52. The predicted molar refractivity (Wildman–Crippen MR) is 178 cm³/mol. The normalized spacial score (nSPS) is 9.03. The standard InChI is InChI=1S/2C13H27NS2.2S.3Zn/c2*1-3-5-7-9-11-14(13(15)16)12-10-8-6-4-2;;;;;/h2*3-12H2,1-2H3,(H,15,16);;;;;/q;;2*-2;3*+2. The van der Waals surface area contributed by atoms with Crippen LogP contribution in [0.1, 0.15) is 130 Å². The topological polar surface area (TPSA) is 6.48 Å². The number of thiocarbonyl (C=S) groups is 2. The molecule has 0 aromatic carbocycles. The van der Waals surface area contributed by atoms with Crippen LogP contribution in [0.4, 0.5) is 0 Å². The molecule has 0 saturated carbocycles. The molecule has 0 aromatic rings. The van der Waals surface area contributed by atoms with Gasteiger partial charge in [-0.2, -0.15) is 0 Å². The van der Waals surface area contributed by atoms with E-state index in [1.165, 1.54) is 103 Å². The van der Waals surface area contributed by atoms with Crippen LogP contribution in [0, 0.1) is 0 Å². The van der Waals surface area contributed by atoms with Gasteiger partial charge in [-0.3, -0.25) is 0 Å². The van der Waals surface area contributed by atoms with Crippen LogP contribution in [-0.4, -0.2) is 44.6 Å². The van der Waals surface area contributed by atoms with E-state index in [2.05, 4.69) is 62.8 Å². The Balaban J connectivity index is -0.0000000857. The molecule has 0 spiro atoms. The first-order chi connectivity index (χ1) is 15.4. The van der Waals surface area contributed by atoms with Gasteiger partial charge in [0.2, 0.25) is 0 Å². The first kappa shape index (κ1) is 55.9. The molecule has 2 nitrogen and oxygen atoms in total. The predicted octanol–water partition coefficient (Wildman–Crippen LogP) is 9.32. The van der Waals surface area contributed by atoms with Gasteiger partial charge in [0.1, 0.15) is 8.64 Å². The molecule has 0 bridgehead atoms. The molecule has 0 aromatic heterocycles. The van der Waals surface area contributed by atoms with Gasteiger partial charge in [-0.25, -0.2) is 0 Å². The van der Waals surface area contributed by atoms with Gasteiger partial charge < -0.3 is 36.8 Å². The summed E-state index contributed by atoms with van der Waals surface area (Å²) in [7, 11) is 0. The minimum atomic E-state index is 0. The fourth-order valence-corrected chi connectivity index (χ4v) is 4.29. The summed E-state index contributed by atoms with van der Waals surface area (Å²) in [5.74, 6) is 0. The van der Waals surface area contributed by atoms with Crippen LogP contribution < -0.4 is 0 Å². The molecule has 37 heavy (non-hydrogen) atoms. The summed E-state index contributed by atoms with van der Waals surface area (Å²) in [5, 5.41) is 0. The molecule has 0 saturated heterocycles. The Morgan fingerprint density at radius 1 is 0.432 bits per heavy atom. The molecule has 11 heteroatoms. The van der Waals surface area contributed by atoms with Crippen LogP contribution in [-0.2, 0) is 85.4 Å². The molecule has 208 valence electrons. The Labute approximate surface area is 306 Å². The van der Waals surface area contributed by atoms with Crippen LogP contribution >= 0.6 is 49.7 Å². The van der Waals surface area contributed by atoms with Gasteiger partial charge in [0, 0.05) is 26.2 Å². The summed E-state index contributed by atoms with van der Waals surface area (Å²) < 4.78 is 1.54. The van der Waals surface area contributed by atoms with Crippen molar-refractivity contribution in [2.24, 2.45) is 0 Å². The zero-order valence-corrected chi connectivity index (χ0v) is 38.6. The van der Waals surface area contributed by atoms with E-state index in [4.69, 9.17) is 24.4 Å². The molecule has 0 N–H and O–H groups in total. The monoisotopic (exact) mass is 778 g/mol. The number of rotatable bonds is 20. The maximum Gasteiger partial charge on any atom is 2.00 e. The first-order valence-corrected chi connectivity index (χ1v) is 15.1. The SMILES string of the molecule is CCCCCCN(CCCCCC)C(=S)S.CCCCCCN(CCCCCC)C(=S)S.[S-2].[S-2].[Zn+2].[Zn+2].[Zn+2]. The van der Waals surface area contributed by atoms with E-state index in [0.717, 1.165) is 34.8 Å². The summed E-state index contributed by atoms with van der Waals surface area (Å²) in [6.45, 7) is 13.3. The van der Waals surface area contributed by atoms with Crippen molar-refractivity contribution in [1.82, 2.24) is 9.80 Å². The second-order valence-electron chi connectivity index (χ2n) is 8.78. The molecular formula is C26H54N2S6Zn3+2. The third-order valence-electron chi connectivity index (χ3n) is 5.67. The number of unbranched alkanes of at least 4 members (excludes halogenated alkanes) is 12. The number of thiol groups is 2. The van der Waals surface area contributed by atoms with Crippen molar-refractivity contribution in [3.63, 3.8) is 0 Å². The van der Waals surface area contributed by atoms with Gasteiger partial charge in [-0.05, 0) is 25.7 Å². The zero-order valence-electron chi connectivity index (χ0n) is 24.7. The largest absolute Gasteiger partial charge is 2.00 e. The van der Waals surface area contributed by atoms with Gasteiger partial charge in [-0.1, -0.05) is 129 Å². The molecule has 0 rings (SSSR count). The molecule has 0 amide bonds. The van der Waals surface area contributed by atoms with Crippen molar-refractivity contribution in [3.8, 4) is 0 Å². The summed E-state index contributed by atoms with van der Waals surface area (Å²) in [5.41, 5.74) is 0. The third-order valence-corrected chi connectivity index (χ3v) is 6.75. The first-order valence-electron chi connectivity index (χ1n) is 13.4. The summed E-state index contributed by atoms with van der Waals surface area (Å²) in [6.07, 6.45) is 20.8. The molecule has 0 aliphatic carbocycles. The quantitative estimate of drug-likeness (QED) is 0.0550. The minimum Gasteiger partial charge on any atom is -2.00 e. The second kappa shape index (κ2) is 46.0. The van der Waals surface area contributed by atoms with Crippen LogP contribution in [0.15, 0.2) is 0 Å². The van der Waals surface area contributed by atoms with Gasteiger partial charge in [0.05, 0.1) is 0 Å². The van der Waals surface area contributed by atoms with E-state index in [9.17, 15) is 0 Å². The molecular weight excluding hydrogens is 729 g/mol. The minimum absolute atomic E-state index is 0. The average molecular weight is 783 g/mol. The maximum absolute atomic E-state index is 5.16. The molecule has 0 fully saturated rings. The van der Waals surface area contributed by atoms with E-state index in [-0.39, 0.29) is 85.4 Å². The Hall–Kier alpha value is 3.05. The van der Waals surface area contributed by atoms with Crippen LogP contribution in [0.3, 0.4) is 0 Å². The van der Waals surface area contributed by atoms with Crippen molar-refractivity contribution >= 4 is 85.3 Å². The van der Waals surface area contributed by atoms with Gasteiger partial charge in [0.25, 0.3) is 0 Å². The third kappa shape index (κ3) is 43.6. The summed E-state index contributed by atoms with van der Waals surface area (Å²) >= 11 is 18.9. The van der Waals surface area contributed by atoms with E-state index < -0.39 is 0 Å². The Morgan fingerprint density at radius 3 is 0.757 bits per heavy atom. The van der Waals surface area contributed by atoms with Crippen molar-refractivity contribution in [3.05, 3.63) is 0 Å². The van der Waals surface area contributed by atoms with E-state index in [0.29, 0.717) is 0 Å². The second-order valence-corrected chi connectivity index (χ2v) is 11.0. The maximum atomic E-state index is 5.16. The molecule has 0 aliphatic rings. The Kier molecular flexibility index (Phi) is 69.5. The number of nitrogens with zero attached hydrogens (tertiary/aromatic N) is 2. The number of hydrogen-bond acceptors (Lipinski definition) is 2. The van der Waals surface area contributed by atoms with Crippen LogP contribution in [0.5, 0.6) is 0 Å². The van der Waals surface area contributed by atoms with Crippen molar-refractivity contribution in [2.45, 2.75) is 130 Å². The van der Waals surface area contributed by atoms with Crippen LogP contribution in [0.2, 0.25) is 0 Å². The summed E-state index contributed by atoms with van der Waals surface area (Å²) in [4.78, 5) is 4.51. The van der Waals surface area contributed by atoms with E-state index >= 15 is 0 Å². The van der Waals surface area contributed by atoms with Crippen LogP contribution in [0.25, 0.3) is 0 Å². The zero-order chi connectivity index (χ0) is 24.5. The van der Waals surface area contributed by atoms with Gasteiger partial charge >= 0.3 is 58.4 Å². The Bertz CT molecular complexity index is 377. The van der Waals surface area contributed by atoms with Crippen molar-refractivity contribution in [2.75, 3.05) is 26.2 Å². The van der Waals surface area contributed by atoms with E-state index in [1.54, 1.807) is 0 Å². The molecule has 0 radical (unpaired) electrons. The molecule has 0 atom stereocenters. The van der Waals surface area contributed by atoms with Crippen molar-refractivity contribution in [1.29, 1.82) is 0 Å². The smallest absolute Gasteiger partial charge is 2.00 e.